The summed E-state index contributed by atoms with van der Waals surface area (Å²) in [6, 6.07) is 5.37. The molecule has 5 N–H and O–H groups in total. The number of rotatable bonds is 7. The molecule has 1 amide bonds. The van der Waals surface area contributed by atoms with Crippen LogP contribution in [0.1, 0.15) is 62.0 Å². The average Bonchev–Trinajstić information content (AvgIpc) is 2.86. The quantitative estimate of drug-likeness (QED) is 0.534. The topological polar surface area (TPSA) is 118 Å². The Kier molecular flexibility index (Phi) is 8.33. The van der Waals surface area contributed by atoms with Crippen LogP contribution in [0.25, 0.3) is 5.70 Å². The summed E-state index contributed by atoms with van der Waals surface area (Å²) in [6.07, 6.45) is 5.32. The number of carbonyl (C=O) groups excluding carboxylic acids is 1. The molecule has 2 heterocycles. The van der Waals surface area contributed by atoms with Crippen LogP contribution in [0.3, 0.4) is 0 Å². The first kappa shape index (κ1) is 25.3. The number of hydrogen-bond donors (Lipinski definition) is 3. The largest absolute Gasteiger partial charge is 0.401 e. The number of carbonyl (C=O) groups is 1. The Bertz CT molecular complexity index is 1080. The SMILES string of the molecule is CCC(/C=C(\N)c1c(F)cccc1F)=C(/N)C(C)c1ccnc(C2CCCN(C(=O)CO)C2)n1. The van der Waals surface area contributed by atoms with Crippen LogP contribution in [0.4, 0.5) is 8.78 Å². The second-order valence-corrected chi connectivity index (χ2v) is 8.43. The molecule has 2 unspecified atom stereocenters. The lowest BCUT2D eigenvalue weighted by Crippen LogP contribution is -2.41. The number of hydrogen-bond acceptors (Lipinski definition) is 6. The maximum absolute atomic E-state index is 14.1. The van der Waals surface area contributed by atoms with Crippen molar-refractivity contribution in [3.05, 3.63) is 76.5 Å². The number of amides is 1. The summed E-state index contributed by atoms with van der Waals surface area (Å²) in [5.74, 6) is -1.49. The van der Waals surface area contributed by atoms with Gasteiger partial charge in [0.15, 0.2) is 0 Å². The average molecular weight is 472 g/mol. The van der Waals surface area contributed by atoms with E-state index in [-0.39, 0.29) is 29.0 Å². The van der Waals surface area contributed by atoms with Gasteiger partial charge in [0.05, 0.1) is 11.3 Å². The highest BCUT2D eigenvalue weighted by Crippen LogP contribution is 2.29. The van der Waals surface area contributed by atoms with Crippen LogP contribution in [0.5, 0.6) is 0 Å². The Morgan fingerprint density at radius 1 is 1.29 bits per heavy atom. The highest BCUT2D eigenvalue weighted by Gasteiger charge is 2.27. The summed E-state index contributed by atoms with van der Waals surface area (Å²) >= 11 is 0. The van der Waals surface area contributed by atoms with Crippen LogP contribution in [-0.2, 0) is 4.79 Å². The molecular formula is C25H31F2N5O2. The predicted molar refractivity (Wildman–Crippen MR) is 126 cm³/mol. The molecule has 0 radical (unpaired) electrons. The van der Waals surface area contributed by atoms with Gasteiger partial charge in [-0.2, -0.15) is 0 Å². The Balaban J connectivity index is 1.88. The van der Waals surface area contributed by atoms with Crippen LogP contribution < -0.4 is 11.5 Å². The molecule has 1 aromatic carbocycles. The van der Waals surface area contributed by atoms with Crippen molar-refractivity contribution < 1.29 is 18.7 Å². The fraction of sp³-hybridized carbons (Fsp3) is 0.400. The number of aliphatic hydroxyl groups is 1. The van der Waals surface area contributed by atoms with Gasteiger partial charge in [-0.15, -0.1) is 0 Å². The Hall–Kier alpha value is -3.33. The first-order valence-electron chi connectivity index (χ1n) is 11.4. The first-order valence-corrected chi connectivity index (χ1v) is 11.4. The second kappa shape index (κ2) is 11.2. The summed E-state index contributed by atoms with van der Waals surface area (Å²) in [7, 11) is 0. The normalized spacial score (nSPS) is 18.4. The molecule has 3 rings (SSSR count). The van der Waals surface area contributed by atoms with Gasteiger partial charge in [0.1, 0.15) is 24.1 Å². The van der Waals surface area contributed by atoms with E-state index in [1.165, 1.54) is 12.1 Å². The summed E-state index contributed by atoms with van der Waals surface area (Å²) in [4.78, 5) is 22.7. The molecule has 0 aliphatic carbocycles. The molecule has 1 aromatic heterocycles. The monoisotopic (exact) mass is 471 g/mol. The van der Waals surface area contributed by atoms with Gasteiger partial charge in [-0.05, 0) is 49.1 Å². The van der Waals surface area contributed by atoms with Crippen LogP contribution in [0.15, 0.2) is 47.8 Å². The zero-order chi connectivity index (χ0) is 24.8. The molecule has 7 nitrogen and oxygen atoms in total. The first-order chi connectivity index (χ1) is 16.3. The van der Waals surface area contributed by atoms with E-state index in [9.17, 15) is 13.6 Å². The van der Waals surface area contributed by atoms with Crippen molar-refractivity contribution in [2.24, 2.45) is 11.5 Å². The number of piperidine rings is 1. The van der Waals surface area contributed by atoms with Crippen LogP contribution in [0.2, 0.25) is 0 Å². The number of nitrogens with zero attached hydrogens (tertiary/aromatic N) is 3. The molecule has 2 aromatic rings. The lowest BCUT2D eigenvalue weighted by atomic mass is 9.94. The second-order valence-electron chi connectivity index (χ2n) is 8.43. The van der Waals surface area contributed by atoms with Gasteiger partial charge in [-0.3, -0.25) is 4.79 Å². The van der Waals surface area contributed by atoms with Crippen molar-refractivity contribution in [3.8, 4) is 0 Å². The standard InChI is InChI=1S/C25H31F2N5O2/c1-3-16(12-20(28)23-18(26)7-4-8-19(23)27)24(29)15(2)21-9-10-30-25(31-21)17-6-5-11-32(13-17)22(34)14-33/h4,7-10,12,15,17,33H,3,5-6,11,13-14,28-29H2,1-2H3/b20-12-,24-16-. The molecule has 1 aliphatic heterocycles. The zero-order valence-electron chi connectivity index (χ0n) is 19.5. The molecule has 0 bridgehead atoms. The molecule has 1 saturated heterocycles. The molecule has 0 saturated carbocycles. The minimum atomic E-state index is -0.738. The minimum absolute atomic E-state index is 0.0354. The highest BCUT2D eigenvalue weighted by molar-refractivity contribution is 5.77. The van der Waals surface area contributed by atoms with Crippen LogP contribution in [0, 0.1) is 11.6 Å². The van der Waals surface area contributed by atoms with Crippen molar-refractivity contribution in [2.75, 3.05) is 19.7 Å². The number of nitrogens with two attached hydrogens (primary N) is 2. The third-order valence-corrected chi connectivity index (χ3v) is 6.21. The van der Waals surface area contributed by atoms with Crippen LogP contribution in [-0.4, -0.2) is 45.6 Å². The summed E-state index contributed by atoms with van der Waals surface area (Å²) in [5, 5.41) is 9.17. The van der Waals surface area contributed by atoms with Crippen molar-refractivity contribution in [1.82, 2.24) is 14.9 Å². The lowest BCUT2D eigenvalue weighted by Gasteiger charge is -2.31. The van der Waals surface area contributed by atoms with E-state index in [1.54, 1.807) is 17.2 Å². The van der Waals surface area contributed by atoms with Gasteiger partial charge in [0.25, 0.3) is 0 Å². The van der Waals surface area contributed by atoms with E-state index in [0.717, 1.165) is 25.0 Å². The summed E-state index contributed by atoms with van der Waals surface area (Å²) in [6.45, 7) is 4.33. The summed E-state index contributed by atoms with van der Waals surface area (Å²) in [5.41, 5.74) is 14.0. The number of allylic oxidation sites excluding steroid dienone is 3. The van der Waals surface area contributed by atoms with E-state index < -0.39 is 18.2 Å². The number of halogens is 2. The van der Waals surface area contributed by atoms with Crippen molar-refractivity contribution in [3.63, 3.8) is 0 Å². The molecule has 0 spiro atoms. The van der Waals surface area contributed by atoms with E-state index >= 15 is 0 Å². The van der Waals surface area contributed by atoms with Crippen molar-refractivity contribution >= 4 is 11.6 Å². The molecule has 2 atom stereocenters. The molecular weight excluding hydrogens is 440 g/mol. The smallest absolute Gasteiger partial charge is 0.248 e. The number of likely N-dealkylation sites (tertiary alicyclic amines) is 1. The maximum atomic E-state index is 14.1. The highest BCUT2D eigenvalue weighted by atomic mass is 19.1. The van der Waals surface area contributed by atoms with E-state index in [1.807, 2.05) is 13.8 Å². The molecule has 1 fully saturated rings. The van der Waals surface area contributed by atoms with Crippen molar-refractivity contribution in [2.45, 2.75) is 44.9 Å². The molecule has 34 heavy (non-hydrogen) atoms. The summed E-state index contributed by atoms with van der Waals surface area (Å²) < 4.78 is 28.3. The third-order valence-electron chi connectivity index (χ3n) is 6.21. The van der Waals surface area contributed by atoms with Gasteiger partial charge in [0, 0.05) is 42.5 Å². The van der Waals surface area contributed by atoms with Gasteiger partial charge in [-0.1, -0.05) is 19.9 Å². The fourth-order valence-electron chi connectivity index (χ4n) is 4.20. The van der Waals surface area contributed by atoms with E-state index in [4.69, 9.17) is 21.6 Å². The molecule has 9 heteroatoms. The maximum Gasteiger partial charge on any atom is 0.248 e. The Morgan fingerprint density at radius 3 is 2.65 bits per heavy atom. The zero-order valence-corrected chi connectivity index (χ0v) is 19.5. The minimum Gasteiger partial charge on any atom is -0.401 e. The van der Waals surface area contributed by atoms with E-state index in [2.05, 4.69) is 4.98 Å². The van der Waals surface area contributed by atoms with E-state index in [0.29, 0.717) is 42.3 Å². The molecule has 182 valence electrons. The van der Waals surface area contributed by atoms with Gasteiger partial charge >= 0.3 is 0 Å². The number of aliphatic hydroxyl groups excluding tert-OH is 1. The fourth-order valence-corrected chi connectivity index (χ4v) is 4.20. The number of benzene rings is 1. The molecule has 1 aliphatic rings. The Morgan fingerprint density at radius 2 is 2.00 bits per heavy atom. The predicted octanol–water partition coefficient (Wildman–Crippen LogP) is 3.18. The van der Waals surface area contributed by atoms with Crippen LogP contribution >= 0.6 is 0 Å². The third kappa shape index (κ3) is 5.59. The lowest BCUT2D eigenvalue weighted by molar-refractivity contribution is -0.135. The van der Waals surface area contributed by atoms with Gasteiger partial charge in [0.2, 0.25) is 5.91 Å². The number of aromatic nitrogens is 2. The van der Waals surface area contributed by atoms with Gasteiger partial charge < -0.3 is 21.5 Å². The van der Waals surface area contributed by atoms with Crippen molar-refractivity contribution in [1.29, 1.82) is 0 Å². The van der Waals surface area contributed by atoms with Gasteiger partial charge in [-0.25, -0.2) is 18.7 Å². The Labute approximate surface area is 198 Å².